The van der Waals surface area contributed by atoms with Gasteiger partial charge in [0.1, 0.15) is 11.1 Å². The van der Waals surface area contributed by atoms with E-state index in [0.717, 1.165) is 24.3 Å². The zero-order chi connectivity index (χ0) is 22.9. The minimum absolute atomic E-state index is 0.565. The Morgan fingerprint density at radius 1 is 1.30 bits per heavy atom. The summed E-state index contributed by atoms with van der Waals surface area (Å²) >= 11 is 8.98. The molecule has 0 saturated carbocycles. The zero-order valence-corrected chi connectivity index (χ0v) is 20.7. The monoisotopic (exact) mass is 472 g/mol. The van der Waals surface area contributed by atoms with Gasteiger partial charge in [0.15, 0.2) is 0 Å². The summed E-state index contributed by atoms with van der Waals surface area (Å²) in [5, 5.41) is 23.9. The van der Waals surface area contributed by atoms with Crippen LogP contribution in [0.15, 0.2) is 46.5 Å². The summed E-state index contributed by atoms with van der Waals surface area (Å²) in [6.45, 7) is 10.5. The van der Waals surface area contributed by atoms with Gasteiger partial charge in [-0.15, -0.1) is 22.7 Å². The number of nitrogens with zero attached hydrogens (tertiary/aromatic N) is 1. The van der Waals surface area contributed by atoms with Crippen LogP contribution in [0.3, 0.4) is 0 Å². The van der Waals surface area contributed by atoms with Crippen molar-refractivity contribution in [1.82, 2.24) is 10.3 Å². The minimum Gasteiger partial charge on any atom is -0.390 e. The van der Waals surface area contributed by atoms with Crippen molar-refractivity contribution >= 4 is 40.7 Å². The first kappa shape index (κ1) is 28.5. The lowest BCUT2D eigenvalue weighted by Gasteiger charge is -2.08. The first-order valence-electron chi connectivity index (χ1n) is 9.78. The number of amides is 1. The van der Waals surface area contributed by atoms with Crippen molar-refractivity contribution in [3.05, 3.63) is 61.2 Å². The van der Waals surface area contributed by atoms with Crippen molar-refractivity contribution in [3.63, 3.8) is 0 Å². The van der Waals surface area contributed by atoms with Crippen LogP contribution < -0.4 is 5.32 Å². The molecule has 0 spiro atoms. The molecule has 0 aromatic carbocycles. The van der Waals surface area contributed by atoms with Gasteiger partial charge in [-0.2, -0.15) is 0 Å². The number of thiazole rings is 1. The first-order chi connectivity index (χ1) is 14.3. The average Bonchev–Trinajstić information content (AvgIpc) is 3.40. The van der Waals surface area contributed by atoms with Crippen molar-refractivity contribution in [2.75, 3.05) is 0 Å². The lowest BCUT2D eigenvalue weighted by atomic mass is 10.1. The molecule has 30 heavy (non-hydrogen) atoms. The molecule has 1 amide bonds. The fraction of sp³-hybridized carbons (Fsp3) is 0.455. The summed E-state index contributed by atoms with van der Waals surface area (Å²) in [6.07, 6.45) is 6.77. The Labute approximate surface area is 193 Å². The van der Waals surface area contributed by atoms with Gasteiger partial charge >= 0.3 is 0 Å². The smallest absolute Gasteiger partial charge is 0.207 e. The quantitative estimate of drug-likeness (QED) is 0.338. The van der Waals surface area contributed by atoms with E-state index >= 15 is 0 Å². The van der Waals surface area contributed by atoms with Gasteiger partial charge in [-0.3, -0.25) is 4.79 Å². The van der Waals surface area contributed by atoms with E-state index in [1.54, 1.807) is 22.9 Å². The molecule has 0 fully saturated rings. The van der Waals surface area contributed by atoms with Crippen LogP contribution in [0.25, 0.3) is 0 Å². The molecule has 0 saturated heterocycles. The second-order valence-electron chi connectivity index (χ2n) is 6.23. The summed E-state index contributed by atoms with van der Waals surface area (Å²) in [7, 11) is 0. The van der Waals surface area contributed by atoms with Crippen molar-refractivity contribution in [2.24, 2.45) is 0 Å². The van der Waals surface area contributed by atoms with Gasteiger partial charge in [0.05, 0.1) is 12.6 Å². The maximum absolute atomic E-state index is 9.88. The maximum Gasteiger partial charge on any atom is 0.207 e. The molecular formula is C22H33ClN2O3S2. The SMILES string of the molecule is C/C=C\C(Cl)=C(CC)CC.C[C@H](O)[C@@H](O)c1nccs1.Cc1ccc(CNC=O)s1. The molecule has 2 atom stereocenters. The maximum atomic E-state index is 9.88. The summed E-state index contributed by atoms with van der Waals surface area (Å²) in [6, 6.07) is 4.07. The number of nitrogens with one attached hydrogen (secondary N) is 1. The van der Waals surface area contributed by atoms with Crippen molar-refractivity contribution in [3.8, 4) is 0 Å². The molecular weight excluding hydrogens is 440 g/mol. The highest BCUT2D eigenvalue weighted by Gasteiger charge is 2.15. The van der Waals surface area contributed by atoms with Crippen LogP contribution in [-0.4, -0.2) is 27.7 Å². The molecule has 5 nitrogen and oxygen atoms in total. The second kappa shape index (κ2) is 17.2. The van der Waals surface area contributed by atoms with E-state index in [1.165, 1.54) is 33.6 Å². The Balaban J connectivity index is 0.000000420. The molecule has 0 unspecified atom stereocenters. The summed E-state index contributed by atoms with van der Waals surface area (Å²) < 4.78 is 0. The van der Waals surface area contributed by atoms with Gasteiger partial charge in [0.25, 0.3) is 0 Å². The van der Waals surface area contributed by atoms with Crippen molar-refractivity contribution < 1.29 is 15.0 Å². The second-order valence-corrected chi connectivity index (χ2v) is 8.93. The number of carbonyl (C=O) groups is 1. The first-order valence-corrected chi connectivity index (χ1v) is 11.9. The van der Waals surface area contributed by atoms with Crippen molar-refractivity contribution in [2.45, 2.75) is 66.2 Å². The van der Waals surface area contributed by atoms with Gasteiger partial charge < -0.3 is 15.5 Å². The third-order valence-electron chi connectivity index (χ3n) is 3.82. The molecule has 0 aliphatic carbocycles. The number of hydrogen-bond acceptors (Lipinski definition) is 6. The number of rotatable bonds is 8. The van der Waals surface area contributed by atoms with Crippen LogP contribution in [0.2, 0.25) is 0 Å². The lowest BCUT2D eigenvalue weighted by molar-refractivity contribution is -0.109. The van der Waals surface area contributed by atoms with Crippen molar-refractivity contribution in [1.29, 1.82) is 0 Å². The van der Waals surface area contributed by atoms with E-state index < -0.39 is 12.2 Å². The molecule has 2 rings (SSSR count). The van der Waals surface area contributed by atoms with E-state index in [0.29, 0.717) is 11.6 Å². The van der Waals surface area contributed by atoms with E-state index in [4.69, 9.17) is 16.7 Å². The molecule has 2 aromatic rings. The Bertz CT molecular complexity index is 750. The average molecular weight is 473 g/mol. The number of thiophene rings is 1. The van der Waals surface area contributed by atoms with E-state index in [-0.39, 0.29) is 0 Å². The Morgan fingerprint density at radius 2 is 1.97 bits per heavy atom. The van der Waals surface area contributed by atoms with E-state index in [9.17, 15) is 9.90 Å². The number of aryl methyl sites for hydroxylation is 1. The normalized spacial score (nSPS) is 12.1. The molecule has 2 heterocycles. The van der Waals surface area contributed by atoms with Gasteiger partial charge in [0.2, 0.25) is 6.41 Å². The number of aromatic nitrogens is 1. The molecule has 8 heteroatoms. The molecule has 3 N–H and O–H groups in total. The zero-order valence-electron chi connectivity index (χ0n) is 18.3. The van der Waals surface area contributed by atoms with Crippen LogP contribution in [0, 0.1) is 6.92 Å². The summed E-state index contributed by atoms with van der Waals surface area (Å²) in [4.78, 5) is 16.2. The highest BCUT2D eigenvalue weighted by molar-refractivity contribution is 7.11. The molecule has 0 aliphatic heterocycles. The fourth-order valence-electron chi connectivity index (χ4n) is 2.16. The predicted molar refractivity (Wildman–Crippen MR) is 129 cm³/mol. The van der Waals surface area contributed by atoms with E-state index in [2.05, 4.69) is 31.1 Å². The lowest BCUT2D eigenvalue weighted by Crippen LogP contribution is -2.13. The molecule has 168 valence electrons. The van der Waals surface area contributed by atoms with Crippen LogP contribution >= 0.6 is 34.3 Å². The highest BCUT2D eigenvalue weighted by atomic mass is 35.5. The highest BCUT2D eigenvalue weighted by Crippen LogP contribution is 2.18. The van der Waals surface area contributed by atoms with Crippen LogP contribution in [0.4, 0.5) is 0 Å². The molecule has 0 bridgehead atoms. The third kappa shape index (κ3) is 12.2. The Hall–Kier alpha value is -1.51. The minimum atomic E-state index is -0.833. The number of carbonyl (C=O) groups excluding carboxylic acids is 1. The topological polar surface area (TPSA) is 82.4 Å². The van der Waals surface area contributed by atoms with Crippen LogP contribution in [0.5, 0.6) is 0 Å². The number of halogens is 1. The summed E-state index contributed by atoms with van der Waals surface area (Å²) in [5.41, 5.74) is 1.33. The third-order valence-corrected chi connectivity index (χ3v) is 6.06. The van der Waals surface area contributed by atoms with Crippen LogP contribution in [-0.2, 0) is 11.3 Å². The van der Waals surface area contributed by atoms with Gasteiger partial charge in [0, 0.05) is 26.4 Å². The number of aliphatic hydroxyl groups excluding tert-OH is 2. The number of allylic oxidation sites excluding steroid dienone is 4. The Morgan fingerprint density at radius 3 is 2.37 bits per heavy atom. The van der Waals surface area contributed by atoms with Crippen LogP contribution in [0.1, 0.15) is 61.4 Å². The largest absolute Gasteiger partial charge is 0.390 e. The summed E-state index contributed by atoms with van der Waals surface area (Å²) in [5.74, 6) is 0. The number of aliphatic hydroxyl groups is 2. The number of hydrogen-bond donors (Lipinski definition) is 3. The van der Waals surface area contributed by atoms with Gasteiger partial charge in [-0.1, -0.05) is 37.1 Å². The molecule has 0 radical (unpaired) electrons. The van der Waals surface area contributed by atoms with Gasteiger partial charge in [-0.05, 0) is 51.8 Å². The molecule has 2 aromatic heterocycles. The predicted octanol–water partition coefficient (Wildman–Crippen LogP) is 5.74. The fourth-order valence-corrected chi connectivity index (χ4v) is 4.11. The molecule has 0 aliphatic rings. The Kier molecular flexibility index (Phi) is 16.3. The standard InChI is InChI=1S/C9H15Cl.C7H9NOS.C6H9NO2S/c1-4-7-9(10)8(5-2)6-3;1-6-2-3-7(10-6)4-8-5-9;1-4(8)5(9)6-7-2-3-10-6/h4,7H,5-6H2,1-3H3;2-3,5H,4H2,1H3,(H,8,9);2-5,8-9H,1H3/b7-4-;;/t;;4-,5+/m..0/s1. The van der Waals surface area contributed by atoms with Gasteiger partial charge in [-0.25, -0.2) is 4.98 Å². The van der Waals surface area contributed by atoms with E-state index in [1.807, 2.05) is 31.2 Å².